The van der Waals surface area contributed by atoms with Gasteiger partial charge in [0, 0.05) is 11.6 Å². The molecule has 0 saturated carbocycles. The van der Waals surface area contributed by atoms with E-state index >= 15 is 0 Å². The van der Waals surface area contributed by atoms with Crippen molar-refractivity contribution in [2.45, 2.75) is 24.3 Å². The fraction of sp³-hybridized carbons (Fsp3) is 0.364. The van der Waals surface area contributed by atoms with E-state index in [-0.39, 0.29) is 16.3 Å². The molecule has 0 amide bonds. The summed E-state index contributed by atoms with van der Waals surface area (Å²) in [5, 5.41) is 17.8. The van der Waals surface area contributed by atoms with Crippen molar-refractivity contribution in [1.29, 1.82) is 0 Å². The standard InChI is InChI=1S/C11H14ClNO5S/c1-7-2-3-8(12)6-10(7)19(17,18)13-9(4-5-14)11(15)16/h2-3,6,9,13-14H,4-5H2,1H3,(H,15,16)/t9-/m1/s1. The maximum absolute atomic E-state index is 12.1. The van der Waals surface area contributed by atoms with E-state index in [0.717, 1.165) is 0 Å². The van der Waals surface area contributed by atoms with Gasteiger partial charge in [-0.05, 0) is 31.0 Å². The van der Waals surface area contributed by atoms with E-state index < -0.39 is 28.6 Å². The molecule has 0 aromatic heterocycles. The van der Waals surface area contributed by atoms with Crippen LogP contribution in [-0.2, 0) is 14.8 Å². The third kappa shape index (κ3) is 4.17. The lowest BCUT2D eigenvalue weighted by Crippen LogP contribution is -2.41. The second-order valence-corrected chi connectivity index (χ2v) is 6.05. The molecule has 1 rings (SSSR count). The maximum atomic E-state index is 12.1. The van der Waals surface area contributed by atoms with E-state index in [9.17, 15) is 13.2 Å². The molecule has 0 aliphatic heterocycles. The van der Waals surface area contributed by atoms with Gasteiger partial charge in [0.1, 0.15) is 6.04 Å². The lowest BCUT2D eigenvalue weighted by molar-refractivity contribution is -0.139. The first-order chi connectivity index (χ1) is 8.77. The first-order valence-corrected chi connectivity index (χ1v) is 7.26. The average molecular weight is 308 g/mol. The van der Waals surface area contributed by atoms with Crippen LogP contribution in [0.5, 0.6) is 0 Å². The predicted molar refractivity (Wildman–Crippen MR) is 69.6 cm³/mol. The van der Waals surface area contributed by atoms with Crippen LogP contribution in [0.25, 0.3) is 0 Å². The lowest BCUT2D eigenvalue weighted by atomic mass is 10.2. The summed E-state index contributed by atoms with van der Waals surface area (Å²) in [5.74, 6) is -1.35. The molecule has 0 bridgehead atoms. The number of aliphatic hydroxyl groups excluding tert-OH is 1. The molecule has 3 N–H and O–H groups in total. The Morgan fingerprint density at radius 1 is 1.47 bits per heavy atom. The third-order valence-corrected chi connectivity index (χ3v) is 4.30. The van der Waals surface area contributed by atoms with Crippen molar-refractivity contribution < 1.29 is 23.4 Å². The molecule has 1 atom stereocenters. The molecule has 8 heteroatoms. The summed E-state index contributed by atoms with van der Waals surface area (Å²) in [6.45, 7) is 1.14. The van der Waals surface area contributed by atoms with E-state index in [2.05, 4.69) is 0 Å². The number of benzene rings is 1. The minimum atomic E-state index is -4.01. The molecule has 1 aromatic rings. The fourth-order valence-corrected chi connectivity index (χ4v) is 3.21. The van der Waals surface area contributed by atoms with Crippen molar-refractivity contribution in [2.75, 3.05) is 6.61 Å². The Bertz CT molecular complexity index is 572. The van der Waals surface area contributed by atoms with E-state index in [4.69, 9.17) is 21.8 Å². The van der Waals surface area contributed by atoms with Gasteiger partial charge in [-0.3, -0.25) is 4.79 Å². The highest BCUT2D eigenvalue weighted by atomic mass is 35.5. The number of aliphatic hydroxyl groups is 1. The number of sulfonamides is 1. The number of nitrogens with one attached hydrogen (secondary N) is 1. The van der Waals surface area contributed by atoms with Crippen LogP contribution in [0, 0.1) is 6.92 Å². The SMILES string of the molecule is Cc1ccc(Cl)cc1S(=O)(=O)N[C@H](CCO)C(=O)O. The zero-order valence-electron chi connectivity index (χ0n) is 10.1. The van der Waals surface area contributed by atoms with Gasteiger partial charge >= 0.3 is 5.97 Å². The number of aryl methyl sites for hydroxylation is 1. The normalized spacial score (nSPS) is 13.2. The quantitative estimate of drug-likeness (QED) is 0.720. The summed E-state index contributed by atoms with van der Waals surface area (Å²) in [4.78, 5) is 10.8. The Kier molecular flexibility index (Phi) is 5.30. The topological polar surface area (TPSA) is 104 Å². The summed E-state index contributed by atoms with van der Waals surface area (Å²) in [6.07, 6.45) is -0.214. The predicted octanol–water partition coefficient (Wildman–Crippen LogP) is 0.762. The van der Waals surface area contributed by atoms with Crippen LogP contribution in [-0.4, -0.2) is 37.2 Å². The van der Waals surface area contributed by atoms with Crippen molar-refractivity contribution in [3.8, 4) is 0 Å². The van der Waals surface area contributed by atoms with Crippen molar-refractivity contribution in [2.24, 2.45) is 0 Å². The van der Waals surface area contributed by atoms with Crippen LogP contribution >= 0.6 is 11.6 Å². The number of halogens is 1. The number of hydrogen-bond donors (Lipinski definition) is 3. The van der Waals surface area contributed by atoms with Gasteiger partial charge in [-0.15, -0.1) is 0 Å². The van der Waals surface area contributed by atoms with Crippen LogP contribution in [0.2, 0.25) is 5.02 Å². The Hall–Kier alpha value is -1.15. The Labute approximate surface area is 116 Å². The first kappa shape index (κ1) is 15.9. The summed E-state index contributed by atoms with van der Waals surface area (Å²) >= 11 is 5.73. The summed E-state index contributed by atoms with van der Waals surface area (Å²) < 4.78 is 26.2. The Morgan fingerprint density at radius 3 is 2.63 bits per heavy atom. The number of aliphatic carboxylic acids is 1. The van der Waals surface area contributed by atoms with Crippen molar-refractivity contribution >= 4 is 27.6 Å². The molecular weight excluding hydrogens is 294 g/mol. The molecule has 0 saturated heterocycles. The van der Waals surface area contributed by atoms with Gasteiger partial charge in [-0.25, -0.2) is 8.42 Å². The van der Waals surface area contributed by atoms with Crippen molar-refractivity contribution in [1.82, 2.24) is 4.72 Å². The van der Waals surface area contributed by atoms with Crippen LogP contribution < -0.4 is 4.72 Å². The molecule has 0 radical (unpaired) electrons. The minimum Gasteiger partial charge on any atom is -0.480 e. The monoisotopic (exact) mass is 307 g/mol. The highest BCUT2D eigenvalue weighted by molar-refractivity contribution is 7.89. The number of carboxylic acid groups (broad SMARTS) is 1. The van der Waals surface area contributed by atoms with Crippen LogP contribution in [0.3, 0.4) is 0 Å². The molecule has 0 heterocycles. The highest BCUT2D eigenvalue weighted by Gasteiger charge is 2.26. The second kappa shape index (κ2) is 6.33. The van der Waals surface area contributed by atoms with Crippen LogP contribution in [0.15, 0.2) is 23.1 Å². The molecule has 6 nitrogen and oxygen atoms in total. The first-order valence-electron chi connectivity index (χ1n) is 5.40. The Morgan fingerprint density at radius 2 is 2.11 bits per heavy atom. The van der Waals surface area contributed by atoms with Crippen LogP contribution in [0.1, 0.15) is 12.0 Å². The van der Waals surface area contributed by atoms with Gasteiger partial charge in [0.05, 0.1) is 4.90 Å². The summed E-state index contributed by atoms with van der Waals surface area (Å²) in [5.41, 5.74) is 0.449. The molecule has 0 aliphatic carbocycles. The minimum absolute atomic E-state index is 0.0795. The van der Waals surface area contributed by atoms with Gasteiger partial charge in [0.25, 0.3) is 0 Å². The van der Waals surface area contributed by atoms with Crippen molar-refractivity contribution in [3.05, 3.63) is 28.8 Å². The molecule has 0 fully saturated rings. The molecule has 106 valence electrons. The van der Waals surface area contributed by atoms with E-state index in [1.54, 1.807) is 6.92 Å². The van der Waals surface area contributed by atoms with Gasteiger partial charge in [0.2, 0.25) is 10.0 Å². The zero-order valence-corrected chi connectivity index (χ0v) is 11.7. The molecular formula is C11H14ClNO5S. The third-order valence-electron chi connectivity index (χ3n) is 2.45. The lowest BCUT2D eigenvalue weighted by Gasteiger charge is -2.15. The van der Waals surface area contributed by atoms with E-state index in [0.29, 0.717) is 5.56 Å². The highest BCUT2D eigenvalue weighted by Crippen LogP contribution is 2.20. The molecule has 19 heavy (non-hydrogen) atoms. The molecule has 0 spiro atoms. The molecule has 0 aliphatic rings. The van der Waals surface area contributed by atoms with Crippen molar-refractivity contribution in [3.63, 3.8) is 0 Å². The zero-order chi connectivity index (χ0) is 14.6. The van der Waals surface area contributed by atoms with Gasteiger partial charge < -0.3 is 10.2 Å². The second-order valence-electron chi connectivity index (χ2n) is 3.93. The maximum Gasteiger partial charge on any atom is 0.321 e. The Balaban J connectivity index is 3.10. The largest absolute Gasteiger partial charge is 0.480 e. The van der Waals surface area contributed by atoms with E-state index in [1.807, 2.05) is 4.72 Å². The summed E-state index contributed by atoms with van der Waals surface area (Å²) in [7, 11) is -4.01. The van der Waals surface area contributed by atoms with Gasteiger partial charge in [0.15, 0.2) is 0 Å². The van der Waals surface area contributed by atoms with E-state index in [1.165, 1.54) is 18.2 Å². The average Bonchev–Trinajstić information content (AvgIpc) is 2.31. The molecule has 1 aromatic carbocycles. The van der Waals surface area contributed by atoms with Gasteiger partial charge in [-0.1, -0.05) is 17.7 Å². The number of carboxylic acids is 1. The number of carbonyl (C=O) groups is 1. The number of hydrogen-bond acceptors (Lipinski definition) is 4. The number of rotatable bonds is 6. The molecule has 0 unspecified atom stereocenters. The van der Waals surface area contributed by atoms with Crippen LogP contribution in [0.4, 0.5) is 0 Å². The fourth-order valence-electron chi connectivity index (χ4n) is 1.48. The van der Waals surface area contributed by atoms with Gasteiger partial charge in [-0.2, -0.15) is 4.72 Å². The smallest absolute Gasteiger partial charge is 0.321 e. The summed E-state index contributed by atoms with van der Waals surface area (Å²) in [6, 6.07) is 2.93.